The lowest BCUT2D eigenvalue weighted by Crippen LogP contribution is -2.17. The fourth-order valence-corrected chi connectivity index (χ4v) is 0.736. The number of carboxylic acids is 1. The first-order valence-electron chi connectivity index (χ1n) is 5.82. The summed E-state index contributed by atoms with van der Waals surface area (Å²) >= 11 is 0. The molecule has 0 radical (unpaired) electrons. The summed E-state index contributed by atoms with van der Waals surface area (Å²) in [6.07, 6.45) is 0.705. The quantitative estimate of drug-likeness (QED) is 0.681. The molecule has 0 fully saturated rings. The third-order valence-electron chi connectivity index (χ3n) is 1.76. The van der Waals surface area contributed by atoms with Crippen LogP contribution >= 0.6 is 24.8 Å². The predicted octanol–water partition coefficient (Wildman–Crippen LogP) is 1.22. The van der Waals surface area contributed by atoms with E-state index < -0.39 is 5.97 Å². The topological polar surface area (TPSA) is 90.3 Å². The molecule has 0 unspecified atom stereocenters. The van der Waals surface area contributed by atoms with Gasteiger partial charge >= 0.3 is 11.9 Å². The Morgan fingerprint density at radius 1 is 0.909 bits per heavy atom. The smallest absolute Gasteiger partial charge is 0.306 e. The zero-order chi connectivity index (χ0) is 15.8. The average Bonchev–Trinajstić information content (AvgIpc) is 2.36. The summed E-state index contributed by atoms with van der Waals surface area (Å²) in [7, 11) is 9.94. The molecule has 0 spiro atoms. The largest absolute Gasteiger partial charge is 0.481 e. The second-order valence-corrected chi connectivity index (χ2v) is 4.08. The molecule has 140 valence electrons. The van der Waals surface area contributed by atoms with E-state index in [0.717, 1.165) is 13.7 Å². The van der Waals surface area contributed by atoms with Crippen molar-refractivity contribution in [1.82, 2.24) is 9.80 Å². The van der Waals surface area contributed by atoms with Gasteiger partial charge in [-0.05, 0) is 28.2 Å². The van der Waals surface area contributed by atoms with Gasteiger partial charge in [0.25, 0.3) is 0 Å². The number of carbonyl (C=O) groups is 2. The van der Waals surface area contributed by atoms with Crippen LogP contribution in [0.1, 0.15) is 20.3 Å². The van der Waals surface area contributed by atoms with E-state index in [1.165, 1.54) is 7.11 Å². The zero-order valence-electron chi connectivity index (χ0n) is 13.7. The number of hydrogen-bond donors (Lipinski definition) is 2. The standard InChI is InChI=1S/C6H13NO2.C5H11NO2.CH4O.CH4.2ClH/c1-7(2)5-4-6(8)9-3;1-6(2)4-3-5(7)8;1-2;;;/h4-5H2,1-3H3;3-4H2,1-2H3,(H,7,8);2H,1H3;1H4;2*1H. The van der Waals surface area contributed by atoms with Gasteiger partial charge in [0, 0.05) is 20.2 Å². The molecule has 0 bridgehead atoms. The second-order valence-electron chi connectivity index (χ2n) is 4.08. The van der Waals surface area contributed by atoms with Crippen LogP contribution in [0, 0.1) is 0 Å². The summed E-state index contributed by atoms with van der Waals surface area (Å²) < 4.78 is 4.43. The molecule has 9 heteroatoms. The van der Waals surface area contributed by atoms with Gasteiger partial charge in [0.15, 0.2) is 0 Å². The molecule has 0 aliphatic heterocycles. The third-order valence-corrected chi connectivity index (χ3v) is 1.76. The van der Waals surface area contributed by atoms with Crippen LogP contribution in [0.15, 0.2) is 0 Å². The highest BCUT2D eigenvalue weighted by atomic mass is 35.5. The van der Waals surface area contributed by atoms with Gasteiger partial charge in [0.1, 0.15) is 0 Å². The molecule has 22 heavy (non-hydrogen) atoms. The molecule has 0 aromatic carbocycles. The van der Waals surface area contributed by atoms with Crippen LogP contribution in [0.4, 0.5) is 0 Å². The Morgan fingerprint density at radius 3 is 1.41 bits per heavy atom. The van der Waals surface area contributed by atoms with Crippen LogP contribution in [-0.4, -0.2) is 87.5 Å². The molecular formula is C13H34Cl2N2O5. The van der Waals surface area contributed by atoms with Crippen molar-refractivity contribution in [2.45, 2.75) is 20.3 Å². The molecule has 0 saturated carbocycles. The molecule has 0 saturated heterocycles. The van der Waals surface area contributed by atoms with Gasteiger partial charge in [0.2, 0.25) is 0 Å². The first-order chi connectivity index (χ1) is 8.79. The number of aliphatic carboxylic acids is 1. The van der Waals surface area contributed by atoms with Crippen molar-refractivity contribution < 1.29 is 24.5 Å². The van der Waals surface area contributed by atoms with E-state index >= 15 is 0 Å². The molecule has 2 N–H and O–H groups in total. The normalized spacial score (nSPS) is 7.86. The molecular weight excluding hydrogens is 335 g/mol. The number of halogens is 2. The van der Waals surface area contributed by atoms with Crippen LogP contribution < -0.4 is 0 Å². The molecule has 0 rings (SSSR count). The van der Waals surface area contributed by atoms with Crippen molar-refractivity contribution >= 4 is 36.8 Å². The molecule has 0 aromatic heterocycles. The summed E-state index contributed by atoms with van der Waals surface area (Å²) in [6.45, 7) is 1.38. The Labute approximate surface area is 147 Å². The van der Waals surface area contributed by atoms with Crippen LogP contribution in [0.3, 0.4) is 0 Å². The highest BCUT2D eigenvalue weighted by Crippen LogP contribution is 1.85. The van der Waals surface area contributed by atoms with Crippen molar-refractivity contribution in [2.75, 3.05) is 55.5 Å². The van der Waals surface area contributed by atoms with Crippen molar-refractivity contribution in [3.63, 3.8) is 0 Å². The summed E-state index contributed by atoms with van der Waals surface area (Å²) in [5.41, 5.74) is 0. The number of methoxy groups -OCH3 is 1. The van der Waals surface area contributed by atoms with Gasteiger partial charge in [-0.15, -0.1) is 24.8 Å². The Kier molecular flexibility index (Phi) is 48.7. The van der Waals surface area contributed by atoms with E-state index in [1.807, 2.05) is 38.0 Å². The monoisotopic (exact) mass is 368 g/mol. The predicted molar refractivity (Wildman–Crippen MR) is 95.4 cm³/mol. The van der Waals surface area contributed by atoms with E-state index in [-0.39, 0.29) is 44.6 Å². The number of carbonyl (C=O) groups excluding carboxylic acids is 1. The highest BCUT2D eigenvalue weighted by Gasteiger charge is 1.98. The van der Waals surface area contributed by atoms with E-state index in [9.17, 15) is 9.59 Å². The van der Waals surface area contributed by atoms with Gasteiger partial charge in [-0.1, -0.05) is 7.43 Å². The van der Waals surface area contributed by atoms with E-state index in [0.29, 0.717) is 13.0 Å². The van der Waals surface area contributed by atoms with E-state index in [1.54, 1.807) is 0 Å². The van der Waals surface area contributed by atoms with E-state index in [4.69, 9.17) is 10.2 Å². The van der Waals surface area contributed by atoms with Crippen LogP contribution in [0.5, 0.6) is 0 Å². The molecule has 0 amide bonds. The number of rotatable bonds is 6. The second kappa shape index (κ2) is 28.5. The lowest BCUT2D eigenvalue weighted by molar-refractivity contribution is -0.141. The maximum absolute atomic E-state index is 10.5. The maximum atomic E-state index is 10.5. The molecule has 0 atom stereocenters. The fraction of sp³-hybridized carbons (Fsp3) is 0.846. The molecule has 0 aliphatic rings. The number of nitrogens with zero attached hydrogens (tertiary/aromatic N) is 2. The molecule has 0 heterocycles. The van der Waals surface area contributed by atoms with Gasteiger partial charge in [-0.25, -0.2) is 0 Å². The maximum Gasteiger partial charge on any atom is 0.306 e. The van der Waals surface area contributed by atoms with Gasteiger partial charge in [0.05, 0.1) is 20.0 Å². The lowest BCUT2D eigenvalue weighted by Gasteiger charge is -2.06. The van der Waals surface area contributed by atoms with Crippen molar-refractivity contribution in [3.05, 3.63) is 0 Å². The van der Waals surface area contributed by atoms with Crippen molar-refractivity contribution in [1.29, 1.82) is 0 Å². The highest BCUT2D eigenvalue weighted by molar-refractivity contribution is 5.85. The molecule has 7 nitrogen and oxygen atoms in total. The number of aliphatic hydroxyl groups is 1. The molecule has 0 aliphatic carbocycles. The Hall–Kier alpha value is -0.600. The summed E-state index contributed by atoms with van der Waals surface area (Å²) in [5, 5.41) is 15.1. The number of carboxylic acid groups (broad SMARTS) is 1. The van der Waals surface area contributed by atoms with Gasteiger partial charge in [-0.3, -0.25) is 9.59 Å². The van der Waals surface area contributed by atoms with E-state index in [2.05, 4.69) is 4.74 Å². The lowest BCUT2D eigenvalue weighted by atomic mass is 10.4. The number of hydrogen-bond acceptors (Lipinski definition) is 6. The summed E-state index contributed by atoms with van der Waals surface area (Å²) in [6, 6.07) is 0. The van der Waals surface area contributed by atoms with Crippen LogP contribution in [0.2, 0.25) is 0 Å². The third kappa shape index (κ3) is 50.5. The number of ether oxygens (including phenoxy) is 1. The Morgan fingerprint density at radius 2 is 1.23 bits per heavy atom. The Balaban J connectivity index is -0.0000000466. The minimum atomic E-state index is -0.737. The first-order valence-corrected chi connectivity index (χ1v) is 5.82. The van der Waals surface area contributed by atoms with Crippen LogP contribution in [0.25, 0.3) is 0 Å². The average molecular weight is 369 g/mol. The first kappa shape index (κ1) is 37.6. The molecule has 0 aromatic rings. The Bertz CT molecular complexity index is 230. The zero-order valence-corrected chi connectivity index (χ0v) is 15.3. The summed E-state index contributed by atoms with van der Waals surface area (Å²) in [5.74, 6) is -0.887. The van der Waals surface area contributed by atoms with Gasteiger partial charge in [-0.2, -0.15) is 0 Å². The number of esters is 1. The van der Waals surface area contributed by atoms with Gasteiger partial charge < -0.3 is 24.7 Å². The number of aliphatic hydroxyl groups excluding tert-OH is 1. The van der Waals surface area contributed by atoms with Crippen LogP contribution in [-0.2, 0) is 14.3 Å². The minimum absolute atomic E-state index is 0. The van der Waals surface area contributed by atoms with Crippen molar-refractivity contribution in [3.8, 4) is 0 Å². The summed E-state index contributed by atoms with van der Waals surface area (Å²) in [4.78, 5) is 24.1. The van der Waals surface area contributed by atoms with Crippen molar-refractivity contribution in [2.24, 2.45) is 0 Å². The minimum Gasteiger partial charge on any atom is -0.481 e. The fourth-order valence-electron chi connectivity index (χ4n) is 0.736. The SMILES string of the molecule is C.CN(C)CCC(=O)O.CO.COC(=O)CCN(C)C.Cl.Cl.